The Balaban J connectivity index is 2.33. The molecule has 0 atom stereocenters. The van der Waals surface area contributed by atoms with Crippen LogP contribution in [0.15, 0.2) is 41.1 Å². The Hall–Kier alpha value is -2.27. The van der Waals surface area contributed by atoms with E-state index in [-0.39, 0.29) is 30.5 Å². The SMILES string of the molecule is C/C(=C(\CCOP(=O)(O)O)SC(=O)c1cccc(Cl)c1)N(C=O)Cc1cnc(C)nc1N. The highest BCUT2D eigenvalue weighted by atomic mass is 35.5. The minimum Gasteiger partial charge on any atom is -0.383 e. The van der Waals surface area contributed by atoms with Gasteiger partial charge >= 0.3 is 7.82 Å². The zero-order valence-corrected chi connectivity index (χ0v) is 19.7. The number of aryl methyl sites for hydroxylation is 1. The number of halogens is 1. The summed E-state index contributed by atoms with van der Waals surface area (Å²) in [4.78, 5) is 52.3. The number of amides is 1. The van der Waals surface area contributed by atoms with Crippen molar-refractivity contribution in [2.24, 2.45) is 0 Å². The van der Waals surface area contributed by atoms with Gasteiger partial charge in [-0.05, 0) is 37.7 Å². The fourth-order valence-corrected chi connectivity index (χ4v) is 4.00. The molecule has 0 fully saturated rings. The Morgan fingerprint density at radius 3 is 2.72 bits per heavy atom. The molecule has 2 rings (SSSR count). The van der Waals surface area contributed by atoms with Gasteiger partial charge in [0, 0.05) is 39.4 Å². The smallest absolute Gasteiger partial charge is 0.383 e. The van der Waals surface area contributed by atoms with E-state index in [0.717, 1.165) is 11.8 Å². The summed E-state index contributed by atoms with van der Waals surface area (Å²) in [5, 5.41) is 0.0231. The minimum atomic E-state index is -4.70. The maximum atomic E-state index is 12.8. The van der Waals surface area contributed by atoms with Crippen LogP contribution < -0.4 is 5.73 Å². The molecule has 1 heterocycles. The number of rotatable bonds is 10. The van der Waals surface area contributed by atoms with Crippen LogP contribution in [0.4, 0.5) is 5.82 Å². The van der Waals surface area contributed by atoms with E-state index in [0.29, 0.717) is 39.0 Å². The number of nitrogens with two attached hydrogens (primary N) is 1. The van der Waals surface area contributed by atoms with Crippen molar-refractivity contribution in [3.05, 3.63) is 63.0 Å². The molecule has 0 spiro atoms. The molecule has 0 saturated carbocycles. The molecule has 0 saturated heterocycles. The summed E-state index contributed by atoms with van der Waals surface area (Å²) in [6.45, 7) is 2.95. The lowest BCUT2D eigenvalue weighted by Gasteiger charge is -2.22. The van der Waals surface area contributed by atoms with Crippen molar-refractivity contribution in [3.8, 4) is 0 Å². The Morgan fingerprint density at radius 2 is 2.12 bits per heavy atom. The third-order valence-corrected chi connectivity index (χ3v) is 6.11. The molecule has 0 aliphatic carbocycles. The molecule has 172 valence electrons. The molecule has 0 unspecified atom stereocenters. The van der Waals surface area contributed by atoms with Crippen molar-refractivity contribution >= 4 is 48.5 Å². The lowest BCUT2D eigenvalue weighted by Crippen LogP contribution is -2.22. The van der Waals surface area contributed by atoms with Crippen LogP contribution in [-0.2, 0) is 20.4 Å². The first-order valence-electron chi connectivity index (χ1n) is 9.17. The van der Waals surface area contributed by atoms with Crippen LogP contribution in [0.25, 0.3) is 0 Å². The lowest BCUT2D eigenvalue weighted by atomic mass is 10.2. The number of phosphoric ester groups is 1. The fraction of sp³-hybridized carbons (Fsp3) is 0.263. The molecule has 2 aromatic rings. The molecule has 10 nitrogen and oxygen atoms in total. The van der Waals surface area contributed by atoms with Crippen molar-refractivity contribution in [2.75, 3.05) is 12.3 Å². The van der Waals surface area contributed by atoms with Gasteiger partial charge < -0.3 is 20.4 Å². The topological polar surface area (TPSA) is 156 Å². The number of carbonyl (C=O) groups excluding carboxylic acids is 2. The second kappa shape index (κ2) is 11.6. The molecular weight excluding hydrogens is 479 g/mol. The van der Waals surface area contributed by atoms with E-state index in [1.807, 2.05) is 0 Å². The van der Waals surface area contributed by atoms with Crippen LogP contribution in [0.2, 0.25) is 5.02 Å². The number of allylic oxidation sites excluding steroid dienone is 1. The number of hydrogen-bond donors (Lipinski definition) is 3. The Bertz CT molecular complexity index is 1080. The summed E-state index contributed by atoms with van der Waals surface area (Å²) in [6, 6.07) is 6.34. The number of anilines is 1. The number of benzene rings is 1. The zero-order chi connectivity index (χ0) is 23.9. The molecule has 0 bridgehead atoms. The highest BCUT2D eigenvalue weighted by molar-refractivity contribution is 8.17. The van der Waals surface area contributed by atoms with Gasteiger partial charge in [0.25, 0.3) is 0 Å². The standard InChI is InChI=1S/C19H22ClN4O6PS/c1-12(24(11-25)10-15-9-22-13(2)23-18(15)21)17(6-7-30-31(27,28)29)32-19(26)14-4-3-5-16(20)8-14/h3-5,8-9,11H,6-7,10H2,1-2H3,(H2,21,22,23)(H2,27,28,29)/b17-12-. The van der Waals surface area contributed by atoms with Crippen molar-refractivity contribution in [1.29, 1.82) is 0 Å². The molecule has 0 radical (unpaired) electrons. The van der Waals surface area contributed by atoms with Gasteiger partial charge in [-0.15, -0.1) is 0 Å². The van der Waals surface area contributed by atoms with Crippen LogP contribution in [-0.4, -0.2) is 42.8 Å². The molecule has 1 aromatic carbocycles. The van der Waals surface area contributed by atoms with Crippen LogP contribution in [0.1, 0.15) is 35.1 Å². The van der Waals surface area contributed by atoms with Crippen molar-refractivity contribution in [3.63, 3.8) is 0 Å². The molecule has 4 N–H and O–H groups in total. The fourth-order valence-electron chi connectivity index (χ4n) is 2.56. The number of nitrogens with zero attached hydrogens (tertiary/aromatic N) is 3. The molecule has 0 aliphatic heterocycles. The average Bonchev–Trinajstić information content (AvgIpc) is 2.71. The highest BCUT2D eigenvalue weighted by Gasteiger charge is 2.20. The number of hydrogen-bond acceptors (Lipinski definition) is 8. The van der Waals surface area contributed by atoms with Crippen molar-refractivity contribution in [2.45, 2.75) is 26.8 Å². The summed E-state index contributed by atoms with van der Waals surface area (Å²) in [5.41, 5.74) is 7.13. The van der Waals surface area contributed by atoms with Crippen LogP contribution in [0, 0.1) is 6.92 Å². The Morgan fingerprint density at radius 1 is 1.41 bits per heavy atom. The maximum absolute atomic E-state index is 12.8. The molecule has 1 aromatic heterocycles. The van der Waals surface area contributed by atoms with Gasteiger partial charge in [-0.3, -0.25) is 14.1 Å². The zero-order valence-electron chi connectivity index (χ0n) is 17.3. The van der Waals surface area contributed by atoms with Crippen molar-refractivity contribution in [1.82, 2.24) is 14.9 Å². The summed E-state index contributed by atoms with van der Waals surface area (Å²) in [7, 11) is -4.70. The number of phosphoric acid groups is 1. The molecule has 13 heteroatoms. The van der Waals surface area contributed by atoms with Crippen LogP contribution in [0.3, 0.4) is 0 Å². The van der Waals surface area contributed by atoms with Crippen molar-refractivity contribution < 1.29 is 28.5 Å². The highest BCUT2D eigenvalue weighted by Crippen LogP contribution is 2.37. The van der Waals surface area contributed by atoms with E-state index < -0.39 is 7.82 Å². The van der Waals surface area contributed by atoms with E-state index >= 15 is 0 Å². The first kappa shape index (κ1) is 26.0. The number of aromatic nitrogens is 2. The average molecular weight is 501 g/mol. The van der Waals surface area contributed by atoms with Gasteiger partial charge in [-0.25, -0.2) is 14.5 Å². The monoisotopic (exact) mass is 500 g/mol. The Kier molecular flexibility index (Phi) is 9.38. The van der Waals surface area contributed by atoms with Crippen LogP contribution >= 0.6 is 31.2 Å². The predicted molar refractivity (Wildman–Crippen MR) is 121 cm³/mol. The molecular formula is C19H22ClN4O6PS. The van der Waals surface area contributed by atoms with E-state index in [1.165, 1.54) is 17.2 Å². The van der Waals surface area contributed by atoms with Gasteiger partial charge in [-0.1, -0.05) is 23.7 Å². The predicted octanol–water partition coefficient (Wildman–Crippen LogP) is 3.28. The van der Waals surface area contributed by atoms with E-state index in [4.69, 9.17) is 27.1 Å². The largest absolute Gasteiger partial charge is 0.469 e. The molecule has 0 aliphatic rings. The second-order valence-electron chi connectivity index (χ2n) is 6.54. The summed E-state index contributed by atoms with van der Waals surface area (Å²) in [5.74, 6) is 0.695. The molecule has 32 heavy (non-hydrogen) atoms. The van der Waals surface area contributed by atoms with Gasteiger partial charge in [0.1, 0.15) is 11.6 Å². The van der Waals surface area contributed by atoms with Crippen LogP contribution in [0.5, 0.6) is 0 Å². The number of thioether (sulfide) groups is 1. The van der Waals surface area contributed by atoms with E-state index in [1.54, 1.807) is 32.0 Å². The summed E-state index contributed by atoms with van der Waals surface area (Å²) < 4.78 is 15.6. The second-order valence-corrected chi connectivity index (χ2v) is 9.29. The first-order chi connectivity index (χ1) is 15.0. The summed E-state index contributed by atoms with van der Waals surface area (Å²) in [6.07, 6.45) is 2.03. The first-order valence-corrected chi connectivity index (χ1v) is 11.9. The maximum Gasteiger partial charge on any atom is 0.469 e. The molecule has 1 amide bonds. The third kappa shape index (κ3) is 8.01. The van der Waals surface area contributed by atoms with Gasteiger partial charge in [0.2, 0.25) is 11.5 Å². The van der Waals surface area contributed by atoms with Gasteiger partial charge in [0.05, 0.1) is 13.2 Å². The van der Waals surface area contributed by atoms with Gasteiger partial charge in [0.15, 0.2) is 0 Å². The normalized spacial score (nSPS) is 12.3. The van der Waals surface area contributed by atoms with E-state index in [9.17, 15) is 14.2 Å². The quantitative estimate of drug-likeness (QED) is 0.326. The van der Waals surface area contributed by atoms with E-state index in [2.05, 4.69) is 14.5 Å². The third-order valence-electron chi connectivity index (χ3n) is 4.19. The van der Waals surface area contributed by atoms with Gasteiger partial charge in [-0.2, -0.15) is 0 Å². The summed E-state index contributed by atoms with van der Waals surface area (Å²) >= 11 is 6.76. The lowest BCUT2D eigenvalue weighted by molar-refractivity contribution is -0.116. The number of carbonyl (C=O) groups is 2. The Labute approximate surface area is 194 Å². The minimum absolute atomic E-state index is 0.0296. The number of nitrogen functional groups attached to an aromatic ring is 1.